The fourth-order valence-electron chi connectivity index (χ4n) is 1.51. The summed E-state index contributed by atoms with van der Waals surface area (Å²) in [5, 5.41) is 16.9. The summed E-state index contributed by atoms with van der Waals surface area (Å²) in [7, 11) is 0. The molecule has 2 heterocycles. The van der Waals surface area contributed by atoms with Crippen LogP contribution in [0.4, 0.5) is 11.6 Å². The van der Waals surface area contributed by atoms with Gasteiger partial charge in [-0.15, -0.1) is 0 Å². The number of carbonyl (C=O) groups is 1. The van der Waals surface area contributed by atoms with E-state index in [0.29, 0.717) is 5.76 Å². The van der Waals surface area contributed by atoms with Gasteiger partial charge in [-0.2, -0.15) is 0 Å². The largest absolute Gasteiger partial charge is 0.473 e. The molecule has 0 radical (unpaired) electrons. The molecule has 0 aliphatic carbocycles. The molecule has 0 spiro atoms. The molecular formula is C12H12N4O5. The van der Waals surface area contributed by atoms with Crippen LogP contribution in [0.25, 0.3) is 0 Å². The van der Waals surface area contributed by atoms with Gasteiger partial charge in [-0.05, 0) is 35.9 Å². The summed E-state index contributed by atoms with van der Waals surface area (Å²) >= 11 is 0. The summed E-state index contributed by atoms with van der Waals surface area (Å²) in [4.78, 5) is 25.6. The van der Waals surface area contributed by atoms with Crippen molar-refractivity contribution in [3.05, 3.63) is 40.3 Å². The van der Waals surface area contributed by atoms with Gasteiger partial charge in [0.15, 0.2) is 11.9 Å². The van der Waals surface area contributed by atoms with Gasteiger partial charge in [0.25, 0.3) is 5.91 Å². The van der Waals surface area contributed by atoms with E-state index in [0.717, 1.165) is 0 Å². The standard InChI is InChI=1S/C12H12N4O5/c1-7-6-10(15-21-7)14-12(17)8(2)20-9-4-3-5-13-11(9)16(18)19/h3-6,8H,1-2H3,(H,14,15,17). The maximum atomic E-state index is 11.9. The minimum atomic E-state index is -0.968. The van der Waals surface area contributed by atoms with E-state index in [1.54, 1.807) is 6.92 Å². The number of ether oxygens (including phenoxy) is 1. The van der Waals surface area contributed by atoms with Crippen LogP contribution in [0.1, 0.15) is 12.7 Å². The SMILES string of the molecule is Cc1cc(NC(=O)C(C)Oc2cccnc2[N+](=O)[O-])no1. The molecule has 2 aromatic rings. The minimum absolute atomic E-state index is 0.0820. The summed E-state index contributed by atoms with van der Waals surface area (Å²) in [6, 6.07) is 4.39. The Bertz CT molecular complexity index is 669. The van der Waals surface area contributed by atoms with Gasteiger partial charge >= 0.3 is 5.82 Å². The summed E-state index contributed by atoms with van der Waals surface area (Å²) < 4.78 is 10.1. The number of rotatable bonds is 5. The first-order chi connectivity index (χ1) is 9.97. The van der Waals surface area contributed by atoms with Crippen molar-refractivity contribution >= 4 is 17.5 Å². The minimum Gasteiger partial charge on any atom is -0.473 e. The van der Waals surface area contributed by atoms with Crippen LogP contribution in [-0.2, 0) is 4.79 Å². The van der Waals surface area contributed by atoms with E-state index in [4.69, 9.17) is 9.26 Å². The Hall–Kier alpha value is -2.97. The van der Waals surface area contributed by atoms with Crippen molar-refractivity contribution in [1.82, 2.24) is 10.1 Å². The fraction of sp³-hybridized carbons (Fsp3) is 0.250. The van der Waals surface area contributed by atoms with Crippen molar-refractivity contribution in [3.63, 3.8) is 0 Å². The summed E-state index contributed by atoms with van der Waals surface area (Å²) in [5.41, 5.74) is 0. The molecule has 21 heavy (non-hydrogen) atoms. The molecule has 9 nitrogen and oxygen atoms in total. The highest BCUT2D eigenvalue weighted by Gasteiger charge is 2.22. The number of nitro groups is 1. The maximum absolute atomic E-state index is 11.9. The van der Waals surface area contributed by atoms with Crippen molar-refractivity contribution in [2.24, 2.45) is 0 Å². The Labute approximate surface area is 119 Å². The van der Waals surface area contributed by atoms with Gasteiger partial charge in [-0.25, -0.2) is 0 Å². The molecular weight excluding hydrogens is 280 g/mol. The van der Waals surface area contributed by atoms with Crippen LogP contribution in [-0.4, -0.2) is 27.1 Å². The Balaban J connectivity index is 2.05. The number of aryl methyl sites for hydroxylation is 1. The molecule has 0 bridgehead atoms. The number of aromatic nitrogens is 2. The topological polar surface area (TPSA) is 120 Å². The molecule has 1 atom stereocenters. The Kier molecular flexibility index (Phi) is 4.12. The van der Waals surface area contributed by atoms with E-state index in [9.17, 15) is 14.9 Å². The molecule has 2 aromatic heterocycles. The number of pyridine rings is 1. The number of nitrogens with zero attached hydrogens (tertiary/aromatic N) is 3. The summed E-state index contributed by atoms with van der Waals surface area (Å²) in [6.07, 6.45) is 0.304. The van der Waals surface area contributed by atoms with E-state index < -0.39 is 22.8 Å². The number of anilines is 1. The van der Waals surface area contributed by atoms with Crippen LogP contribution in [0.15, 0.2) is 28.9 Å². The zero-order valence-corrected chi connectivity index (χ0v) is 11.3. The third kappa shape index (κ3) is 3.53. The molecule has 1 N–H and O–H groups in total. The predicted molar refractivity (Wildman–Crippen MR) is 70.9 cm³/mol. The van der Waals surface area contributed by atoms with Gasteiger partial charge < -0.3 is 24.7 Å². The molecule has 0 saturated heterocycles. The van der Waals surface area contributed by atoms with Crippen LogP contribution in [0, 0.1) is 17.0 Å². The average molecular weight is 292 g/mol. The van der Waals surface area contributed by atoms with Crippen molar-refractivity contribution in [2.45, 2.75) is 20.0 Å². The molecule has 0 aliphatic rings. The Morgan fingerprint density at radius 1 is 1.57 bits per heavy atom. The second-order valence-electron chi connectivity index (χ2n) is 4.15. The number of amides is 1. The first-order valence-electron chi connectivity index (χ1n) is 5.97. The highest BCUT2D eigenvalue weighted by atomic mass is 16.6. The molecule has 0 aromatic carbocycles. The zero-order valence-electron chi connectivity index (χ0n) is 11.3. The van der Waals surface area contributed by atoms with E-state index >= 15 is 0 Å². The highest BCUT2D eigenvalue weighted by Crippen LogP contribution is 2.24. The smallest absolute Gasteiger partial charge is 0.406 e. The van der Waals surface area contributed by atoms with Crippen LogP contribution < -0.4 is 10.1 Å². The number of hydrogen-bond acceptors (Lipinski definition) is 7. The second kappa shape index (κ2) is 5.99. The number of hydrogen-bond donors (Lipinski definition) is 1. The maximum Gasteiger partial charge on any atom is 0.406 e. The molecule has 9 heteroatoms. The predicted octanol–water partition coefficient (Wildman–Crippen LogP) is 1.69. The molecule has 2 rings (SSSR count). The number of nitrogens with one attached hydrogen (secondary N) is 1. The lowest BCUT2D eigenvalue weighted by atomic mass is 10.3. The first-order valence-corrected chi connectivity index (χ1v) is 5.97. The van der Waals surface area contributed by atoms with E-state index in [1.807, 2.05) is 0 Å². The van der Waals surface area contributed by atoms with Crippen molar-refractivity contribution in [1.29, 1.82) is 0 Å². The van der Waals surface area contributed by atoms with Gasteiger partial charge in [0.1, 0.15) is 12.0 Å². The molecule has 1 amide bonds. The summed E-state index contributed by atoms with van der Waals surface area (Å²) in [5.74, 6) is -0.257. The van der Waals surface area contributed by atoms with Gasteiger partial charge in [-0.1, -0.05) is 5.16 Å². The quantitative estimate of drug-likeness (QED) is 0.657. The third-order valence-corrected chi connectivity index (χ3v) is 2.48. The number of carbonyl (C=O) groups excluding carboxylic acids is 1. The van der Waals surface area contributed by atoms with Gasteiger partial charge in [-0.3, -0.25) is 4.79 Å². The lowest BCUT2D eigenvalue weighted by Crippen LogP contribution is -2.30. The average Bonchev–Trinajstić information content (AvgIpc) is 2.84. The molecule has 0 fully saturated rings. The first kappa shape index (κ1) is 14.4. The molecule has 1 unspecified atom stereocenters. The fourth-order valence-corrected chi connectivity index (χ4v) is 1.51. The van der Waals surface area contributed by atoms with E-state index in [2.05, 4.69) is 15.5 Å². The zero-order chi connectivity index (χ0) is 15.4. The van der Waals surface area contributed by atoms with Crippen LogP contribution in [0.2, 0.25) is 0 Å². The Morgan fingerprint density at radius 3 is 2.95 bits per heavy atom. The van der Waals surface area contributed by atoms with Crippen molar-refractivity contribution in [2.75, 3.05) is 5.32 Å². The van der Waals surface area contributed by atoms with Crippen LogP contribution in [0.5, 0.6) is 5.75 Å². The normalized spacial score (nSPS) is 11.7. The lowest BCUT2D eigenvalue weighted by Gasteiger charge is -2.13. The van der Waals surface area contributed by atoms with E-state index in [1.165, 1.54) is 31.3 Å². The van der Waals surface area contributed by atoms with Gasteiger partial charge in [0.05, 0.1) is 0 Å². The lowest BCUT2D eigenvalue weighted by molar-refractivity contribution is -0.390. The van der Waals surface area contributed by atoms with E-state index in [-0.39, 0.29) is 11.6 Å². The highest BCUT2D eigenvalue weighted by molar-refractivity contribution is 5.93. The van der Waals surface area contributed by atoms with Crippen molar-refractivity contribution in [3.8, 4) is 5.75 Å². The monoisotopic (exact) mass is 292 g/mol. The summed E-state index contributed by atoms with van der Waals surface area (Å²) in [6.45, 7) is 3.14. The Morgan fingerprint density at radius 2 is 2.33 bits per heavy atom. The molecule has 0 aliphatic heterocycles. The van der Waals surface area contributed by atoms with Crippen LogP contribution >= 0.6 is 0 Å². The molecule has 0 saturated carbocycles. The van der Waals surface area contributed by atoms with Gasteiger partial charge in [0.2, 0.25) is 5.75 Å². The van der Waals surface area contributed by atoms with Gasteiger partial charge in [0, 0.05) is 6.07 Å². The second-order valence-corrected chi connectivity index (χ2v) is 4.15. The third-order valence-electron chi connectivity index (χ3n) is 2.48. The van der Waals surface area contributed by atoms with Crippen molar-refractivity contribution < 1.29 is 19.0 Å². The molecule has 110 valence electrons. The van der Waals surface area contributed by atoms with Crippen LogP contribution in [0.3, 0.4) is 0 Å².